The van der Waals surface area contributed by atoms with Crippen molar-refractivity contribution in [3.63, 3.8) is 0 Å². The van der Waals surface area contributed by atoms with Gasteiger partial charge in [-0.25, -0.2) is 14.4 Å². The number of nitrogens with one attached hydrogen (secondary N) is 1. The van der Waals surface area contributed by atoms with Crippen molar-refractivity contribution in [1.82, 2.24) is 9.97 Å². The van der Waals surface area contributed by atoms with E-state index < -0.39 is 0 Å². The number of aromatic nitrogens is 2. The molecule has 0 aliphatic carbocycles. The minimum Gasteiger partial charge on any atom is -0.399 e. The summed E-state index contributed by atoms with van der Waals surface area (Å²) in [5.74, 6) is 0.663. The largest absolute Gasteiger partial charge is 0.399 e. The third-order valence-electron chi connectivity index (χ3n) is 5.68. The van der Waals surface area contributed by atoms with Gasteiger partial charge in [0.15, 0.2) is 8.68 Å². The SMILES string of the molecule is Nc1ccc2nc(SCC(=O)Nc3ccc4nc(SCc5ccc(F)c6ccccc56)sc4c3)sc2c1. The van der Waals surface area contributed by atoms with Gasteiger partial charge in [-0.3, -0.25) is 4.79 Å². The van der Waals surface area contributed by atoms with E-state index in [9.17, 15) is 9.18 Å². The molecule has 0 aliphatic heterocycles. The van der Waals surface area contributed by atoms with Crippen LogP contribution in [0.25, 0.3) is 31.2 Å². The van der Waals surface area contributed by atoms with Gasteiger partial charge in [-0.2, -0.15) is 0 Å². The molecule has 2 heterocycles. The van der Waals surface area contributed by atoms with Crippen molar-refractivity contribution in [1.29, 1.82) is 0 Å². The van der Waals surface area contributed by atoms with E-state index in [1.807, 2.05) is 60.7 Å². The first-order valence-electron chi connectivity index (χ1n) is 11.3. The number of carbonyl (C=O) groups excluding carboxylic acids is 1. The third kappa shape index (κ3) is 5.28. The van der Waals surface area contributed by atoms with E-state index in [0.29, 0.717) is 16.8 Å². The molecule has 3 N–H and O–H groups in total. The minimum absolute atomic E-state index is 0.0922. The van der Waals surface area contributed by atoms with E-state index in [0.717, 1.165) is 45.7 Å². The molecular weight excluding hydrogens is 544 g/mol. The lowest BCUT2D eigenvalue weighted by Crippen LogP contribution is -2.13. The number of thiazole rings is 2. The van der Waals surface area contributed by atoms with Crippen LogP contribution in [0.4, 0.5) is 15.8 Å². The van der Waals surface area contributed by atoms with E-state index >= 15 is 0 Å². The number of fused-ring (bicyclic) bond motifs is 3. The number of hydrogen-bond acceptors (Lipinski definition) is 8. The highest BCUT2D eigenvalue weighted by atomic mass is 32.2. The lowest BCUT2D eigenvalue weighted by atomic mass is 10.1. The van der Waals surface area contributed by atoms with Crippen LogP contribution in [0.3, 0.4) is 0 Å². The van der Waals surface area contributed by atoms with Crippen LogP contribution in [-0.4, -0.2) is 21.6 Å². The van der Waals surface area contributed by atoms with Crippen LogP contribution in [0.5, 0.6) is 0 Å². The highest BCUT2D eigenvalue weighted by molar-refractivity contribution is 8.01. The highest BCUT2D eigenvalue weighted by Crippen LogP contribution is 2.35. The molecule has 0 radical (unpaired) electrons. The number of nitrogen functional groups attached to an aromatic ring is 1. The van der Waals surface area contributed by atoms with E-state index in [1.165, 1.54) is 29.2 Å². The van der Waals surface area contributed by atoms with Gasteiger partial charge < -0.3 is 11.1 Å². The normalized spacial score (nSPS) is 11.5. The Morgan fingerprint density at radius 3 is 2.38 bits per heavy atom. The predicted molar refractivity (Wildman–Crippen MR) is 156 cm³/mol. The van der Waals surface area contributed by atoms with Crippen LogP contribution >= 0.6 is 46.2 Å². The lowest BCUT2D eigenvalue weighted by Gasteiger charge is -2.06. The Labute approximate surface area is 228 Å². The van der Waals surface area contributed by atoms with Crippen molar-refractivity contribution in [3.05, 3.63) is 84.2 Å². The molecule has 10 heteroatoms. The molecule has 2 aromatic heterocycles. The maximum Gasteiger partial charge on any atom is 0.234 e. The molecule has 0 spiro atoms. The predicted octanol–water partition coefficient (Wildman–Crippen LogP) is 7.80. The number of anilines is 2. The summed E-state index contributed by atoms with van der Waals surface area (Å²) >= 11 is 6.16. The van der Waals surface area contributed by atoms with Crippen molar-refractivity contribution in [2.24, 2.45) is 0 Å². The summed E-state index contributed by atoms with van der Waals surface area (Å²) in [5, 5.41) is 4.53. The molecule has 1 amide bonds. The Morgan fingerprint density at radius 1 is 0.865 bits per heavy atom. The minimum atomic E-state index is -0.206. The summed E-state index contributed by atoms with van der Waals surface area (Å²) in [4.78, 5) is 21.8. The molecule has 6 aromatic rings. The Kier molecular flexibility index (Phi) is 6.72. The van der Waals surface area contributed by atoms with Crippen LogP contribution in [-0.2, 0) is 10.5 Å². The topological polar surface area (TPSA) is 80.9 Å². The first-order valence-corrected chi connectivity index (χ1v) is 14.9. The Hall–Kier alpha value is -3.18. The monoisotopic (exact) mass is 562 g/mol. The van der Waals surface area contributed by atoms with Gasteiger partial charge in [0, 0.05) is 22.5 Å². The molecule has 0 saturated heterocycles. The fourth-order valence-corrected chi connectivity index (χ4v) is 7.97. The molecule has 5 nitrogen and oxygen atoms in total. The number of hydrogen-bond donors (Lipinski definition) is 2. The fourth-order valence-electron chi connectivity index (χ4n) is 3.94. The number of nitrogens with zero attached hydrogens (tertiary/aromatic N) is 2. The van der Waals surface area contributed by atoms with Crippen LogP contribution in [0.2, 0.25) is 0 Å². The average molecular weight is 563 g/mol. The number of amides is 1. The smallest absolute Gasteiger partial charge is 0.234 e. The fraction of sp³-hybridized carbons (Fsp3) is 0.0741. The zero-order valence-corrected chi connectivity index (χ0v) is 22.5. The lowest BCUT2D eigenvalue weighted by molar-refractivity contribution is -0.113. The zero-order valence-electron chi connectivity index (χ0n) is 19.2. The van der Waals surface area contributed by atoms with Gasteiger partial charge in [0.05, 0.1) is 26.2 Å². The first kappa shape index (κ1) is 24.2. The summed E-state index contributed by atoms with van der Waals surface area (Å²) < 4.78 is 17.9. The van der Waals surface area contributed by atoms with E-state index in [2.05, 4.69) is 10.3 Å². The van der Waals surface area contributed by atoms with Gasteiger partial charge in [-0.1, -0.05) is 53.9 Å². The molecule has 6 rings (SSSR count). The molecular formula is C27H19FN4OS4. The van der Waals surface area contributed by atoms with Crippen molar-refractivity contribution >= 4 is 94.7 Å². The first-order chi connectivity index (χ1) is 18.0. The Bertz CT molecular complexity index is 1780. The maximum absolute atomic E-state index is 14.1. The highest BCUT2D eigenvalue weighted by Gasteiger charge is 2.12. The third-order valence-corrected chi connectivity index (χ3v) is 10.1. The van der Waals surface area contributed by atoms with Gasteiger partial charge in [0.1, 0.15) is 5.82 Å². The number of nitrogens with two attached hydrogens (primary N) is 1. The molecule has 0 atom stereocenters. The van der Waals surface area contributed by atoms with Crippen molar-refractivity contribution in [3.8, 4) is 0 Å². The van der Waals surface area contributed by atoms with Crippen LogP contribution in [0, 0.1) is 5.82 Å². The second-order valence-electron chi connectivity index (χ2n) is 8.25. The van der Waals surface area contributed by atoms with Crippen molar-refractivity contribution < 1.29 is 9.18 Å². The maximum atomic E-state index is 14.1. The number of carbonyl (C=O) groups is 1. The summed E-state index contributed by atoms with van der Waals surface area (Å²) in [6.07, 6.45) is 0. The summed E-state index contributed by atoms with van der Waals surface area (Å²) in [5.41, 5.74) is 10.1. The number of thioether (sulfide) groups is 2. The van der Waals surface area contributed by atoms with Crippen LogP contribution < -0.4 is 11.1 Å². The second kappa shape index (κ2) is 10.3. The van der Waals surface area contributed by atoms with Crippen LogP contribution in [0.15, 0.2) is 81.5 Å². The van der Waals surface area contributed by atoms with Gasteiger partial charge in [-0.15, -0.1) is 22.7 Å². The summed E-state index contributed by atoms with van der Waals surface area (Å²) in [7, 11) is 0. The van der Waals surface area contributed by atoms with E-state index in [-0.39, 0.29) is 17.5 Å². The number of benzene rings is 4. The summed E-state index contributed by atoms with van der Waals surface area (Å²) in [6, 6.07) is 22.3. The molecule has 0 bridgehead atoms. The molecule has 0 unspecified atom stereocenters. The van der Waals surface area contributed by atoms with Crippen molar-refractivity contribution in [2.75, 3.05) is 16.8 Å². The van der Waals surface area contributed by atoms with Gasteiger partial charge >= 0.3 is 0 Å². The van der Waals surface area contributed by atoms with Crippen molar-refractivity contribution in [2.45, 2.75) is 14.4 Å². The molecule has 0 aliphatic rings. The van der Waals surface area contributed by atoms with Crippen LogP contribution in [0.1, 0.15) is 5.56 Å². The van der Waals surface area contributed by atoms with Gasteiger partial charge in [-0.05, 0) is 53.4 Å². The number of rotatable bonds is 7. The van der Waals surface area contributed by atoms with Gasteiger partial charge in [0.2, 0.25) is 5.91 Å². The molecule has 0 saturated carbocycles. The summed E-state index contributed by atoms with van der Waals surface area (Å²) in [6.45, 7) is 0. The molecule has 4 aromatic carbocycles. The number of halogens is 1. The van der Waals surface area contributed by atoms with E-state index in [1.54, 1.807) is 29.2 Å². The Morgan fingerprint density at radius 2 is 1.57 bits per heavy atom. The molecule has 184 valence electrons. The molecule has 37 heavy (non-hydrogen) atoms. The zero-order chi connectivity index (χ0) is 25.4. The van der Waals surface area contributed by atoms with Gasteiger partial charge in [0.25, 0.3) is 0 Å². The second-order valence-corrected chi connectivity index (χ2v) is 12.8. The Balaban J connectivity index is 1.10. The standard InChI is InChI=1S/C27H19FN4OS4/c28-20-8-5-15(18-3-1-2-4-19(18)20)13-34-26-32-22-10-7-17(12-24(22)37-26)30-25(33)14-35-27-31-21-9-6-16(29)11-23(21)36-27/h1-12H,13-14,29H2,(H,30,33). The molecule has 0 fully saturated rings. The average Bonchev–Trinajstić information content (AvgIpc) is 3.50. The van der Waals surface area contributed by atoms with E-state index in [4.69, 9.17) is 10.7 Å². The quantitative estimate of drug-likeness (QED) is 0.153.